The van der Waals surface area contributed by atoms with E-state index in [-0.39, 0.29) is 13.2 Å². The summed E-state index contributed by atoms with van der Waals surface area (Å²) in [6, 6.07) is 27.0. The third kappa shape index (κ3) is 7.48. The minimum Gasteiger partial charge on any atom is -0.491 e. The first-order chi connectivity index (χ1) is 15.5. The number of aliphatic hydroxyl groups excluding tert-OH is 2. The molecule has 170 valence electrons. The molecule has 2 N–H and O–H groups in total. The molecule has 3 rings (SSSR count). The molecule has 0 spiro atoms. The number of benzene rings is 3. The van der Waals surface area contributed by atoms with Gasteiger partial charge in [-0.1, -0.05) is 36.4 Å². The quantitative estimate of drug-likeness (QED) is 0.454. The van der Waals surface area contributed by atoms with Crippen LogP contribution in [0.25, 0.3) is 0 Å². The lowest BCUT2D eigenvalue weighted by molar-refractivity contribution is 0.111. The fourth-order valence-electron chi connectivity index (χ4n) is 3.33. The number of para-hydroxylation sites is 2. The van der Waals surface area contributed by atoms with Gasteiger partial charge in [0.15, 0.2) is 0 Å². The van der Waals surface area contributed by atoms with Gasteiger partial charge in [-0.25, -0.2) is 0 Å². The summed E-state index contributed by atoms with van der Waals surface area (Å²) in [6.07, 6.45) is -1.24. The molecule has 3 aromatic rings. The van der Waals surface area contributed by atoms with Crippen LogP contribution in [-0.4, -0.2) is 62.8 Å². The summed E-state index contributed by atoms with van der Waals surface area (Å²) in [5.41, 5.74) is 2.09. The number of hydrogen-bond acceptors (Lipinski definition) is 6. The third-order valence-electron chi connectivity index (χ3n) is 5.07. The van der Waals surface area contributed by atoms with Crippen LogP contribution in [0.4, 0.5) is 11.4 Å². The number of rotatable bonds is 12. The van der Waals surface area contributed by atoms with Crippen molar-refractivity contribution in [1.82, 2.24) is 0 Å². The van der Waals surface area contributed by atoms with E-state index in [2.05, 4.69) is 0 Å². The summed E-state index contributed by atoms with van der Waals surface area (Å²) in [6.45, 7) is 1.34. The van der Waals surface area contributed by atoms with E-state index in [1.807, 2.05) is 84.6 Å². The first-order valence-electron chi connectivity index (χ1n) is 10.8. The SMILES string of the molecule is CN(CC(O)COc1ccc(OCC(O)CN(C)c2ccccc2)cc1)c1ccccc1. The molecule has 0 saturated carbocycles. The molecule has 0 amide bonds. The number of aliphatic hydroxyl groups is 2. The van der Waals surface area contributed by atoms with E-state index in [0.29, 0.717) is 24.6 Å². The van der Waals surface area contributed by atoms with E-state index in [1.54, 1.807) is 24.3 Å². The summed E-state index contributed by atoms with van der Waals surface area (Å²) >= 11 is 0. The molecule has 0 aliphatic heterocycles. The highest BCUT2D eigenvalue weighted by Gasteiger charge is 2.11. The van der Waals surface area contributed by atoms with Gasteiger partial charge in [0.25, 0.3) is 0 Å². The molecule has 0 radical (unpaired) electrons. The Morgan fingerprint density at radius 1 is 0.594 bits per heavy atom. The van der Waals surface area contributed by atoms with E-state index in [9.17, 15) is 10.2 Å². The molecule has 2 unspecified atom stereocenters. The molecule has 3 aromatic carbocycles. The van der Waals surface area contributed by atoms with Crippen LogP contribution in [0.2, 0.25) is 0 Å². The lowest BCUT2D eigenvalue weighted by Crippen LogP contribution is -2.33. The van der Waals surface area contributed by atoms with Crippen molar-refractivity contribution in [3.63, 3.8) is 0 Å². The van der Waals surface area contributed by atoms with E-state index >= 15 is 0 Å². The molecule has 0 fully saturated rings. The molecular formula is C26H32N2O4. The van der Waals surface area contributed by atoms with Crippen molar-refractivity contribution >= 4 is 11.4 Å². The van der Waals surface area contributed by atoms with Gasteiger partial charge in [0.2, 0.25) is 0 Å². The topological polar surface area (TPSA) is 65.4 Å². The predicted molar refractivity (Wildman–Crippen MR) is 129 cm³/mol. The summed E-state index contributed by atoms with van der Waals surface area (Å²) in [5, 5.41) is 20.5. The van der Waals surface area contributed by atoms with Crippen molar-refractivity contribution in [2.75, 3.05) is 50.2 Å². The number of ether oxygens (including phenoxy) is 2. The molecule has 0 aliphatic carbocycles. The number of hydrogen-bond donors (Lipinski definition) is 2. The predicted octanol–water partition coefficient (Wildman–Crippen LogP) is 3.44. The normalized spacial score (nSPS) is 12.6. The van der Waals surface area contributed by atoms with Crippen LogP contribution in [0.15, 0.2) is 84.9 Å². The fourth-order valence-corrected chi connectivity index (χ4v) is 3.33. The molecular weight excluding hydrogens is 404 g/mol. The summed E-state index contributed by atoms with van der Waals surface area (Å²) in [5.74, 6) is 1.31. The Kier molecular flexibility index (Phi) is 8.78. The Hall–Kier alpha value is -3.22. The largest absolute Gasteiger partial charge is 0.491 e. The molecule has 0 aromatic heterocycles. The molecule has 6 heteroatoms. The number of anilines is 2. The highest BCUT2D eigenvalue weighted by Crippen LogP contribution is 2.19. The minimum atomic E-state index is -0.618. The van der Waals surface area contributed by atoms with Crippen LogP contribution >= 0.6 is 0 Å². The maximum atomic E-state index is 10.3. The highest BCUT2D eigenvalue weighted by molar-refractivity contribution is 5.45. The third-order valence-corrected chi connectivity index (χ3v) is 5.07. The molecule has 6 nitrogen and oxygen atoms in total. The van der Waals surface area contributed by atoms with Gasteiger partial charge in [-0.15, -0.1) is 0 Å². The zero-order valence-corrected chi connectivity index (χ0v) is 18.7. The van der Waals surface area contributed by atoms with Crippen molar-refractivity contribution in [2.45, 2.75) is 12.2 Å². The van der Waals surface area contributed by atoms with Gasteiger partial charge < -0.3 is 29.5 Å². The molecule has 0 saturated heterocycles. The van der Waals surface area contributed by atoms with Gasteiger partial charge in [0, 0.05) is 38.6 Å². The Bertz CT molecular complexity index is 830. The first-order valence-corrected chi connectivity index (χ1v) is 10.8. The van der Waals surface area contributed by atoms with E-state index in [1.165, 1.54) is 0 Å². The maximum Gasteiger partial charge on any atom is 0.119 e. The van der Waals surface area contributed by atoms with Gasteiger partial charge in [0.1, 0.15) is 36.9 Å². The van der Waals surface area contributed by atoms with Gasteiger partial charge >= 0.3 is 0 Å². The number of likely N-dealkylation sites (N-methyl/N-ethyl adjacent to an activating group) is 2. The number of nitrogens with zero attached hydrogens (tertiary/aromatic N) is 2. The molecule has 0 aliphatic rings. The zero-order chi connectivity index (χ0) is 22.8. The van der Waals surface area contributed by atoms with Gasteiger partial charge in [-0.2, -0.15) is 0 Å². The molecule has 32 heavy (non-hydrogen) atoms. The second-order valence-electron chi connectivity index (χ2n) is 7.83. The Balaban J connectivity index is 1.38. The lowest BCUT2D eigenvalue weighted by atomic mass is 10.2. The Labute approximate surface area is 190 Å². The zero-order valence-electron chi connectivity index (χ0n) is 18.7. The van der Waals surface area contributed by atoms with Crippen molar-refractivity contribution in [3.8, 4) is 11.5 Å². The van der Waals surface area contributed by atoms with E-state index in [0.717, 1.165) is 11.4 Å². The van der Waals surface area contributed by atoms with Gasteiger partial charge in [0.05, 0.1) is 0 Å². The van der Waals surface area contributed by atoms with Crippen LogP contribution in [0.3, 0.4) is 0 Å². The molecule has 0 heterocycles. The lowest BCUT2D eigenvalue weighted by Gasteiger charge is -2.23. The Morgan fingerprint density at radius 2 is 0.938 bits per heavy atom. The molecule has 0 bridgehead atoms. The monoisotopic (exact) mass is 436 g/mol. The fraction of sp³-hybridized carbons (Fsp3) is 0.308. The van der Waals surface area contributed by atoms with Crippen LogP contribution < -0.4 is 19.3 Å². The van der Waals surface area contributed by atoms with Crippen molar-refractivity contribution in [2.24, 2.45) is 0 Å². The second-order valence-corrected chi connectivity index (χ2v) is 7.83. The minimum absolute atomic E-state index is 0.196. The smallest absolute Gasteiger partial charge is 0.119 e. The van der Waals surface area contributed by atoms with Crippen LogP contribution in [0.1, 0.15) is 0 Å². The van der Waals surface area contributed by atoms with Crippen molar-refractivity contribution in [1.29, 1.82) is 0 Å². The van der Waals surface area contributed by atoms with Crippen LogP contribution in [0.5, 0.6) is 11.5 Å². The van der Waals surface area contributed by atoms with Crippen molar-refractivity contribution in [3.05, 3.63) is 84.9 Å². The maximum absolute atomic E-state index is 10.3. The van der Waals surface area contributed by atoms with Crippen molar-refractivity contribution < 1.29 is 19.7 Å². The second kappa shape index (κ2) is 12.0. The standard InChI is InChI=1S/C26H32N2O4/c1-27(21-9-5-3-6-10-21)17-23(29)19-31-25-13-15-26(16-14-25)32-20-24(30)18-28(2)22-11-7-4-8-12-22/h3-16,23-24,29-30H,17-20H2,1-2H3. The van der Waals surface area contributed by atoms with Gasteiger partial charge in [-0.3, -0.25) is 0 Å². The summed E-state index contributed by atoms with van der Waals surface area (Å²) in [4.78, 5) is 3.98. The first kappa shape index (κ1) is 23.4. The highest BCUT2D eigenvalue weighted by atomic mass is 16.5. The molecule has 2 atom stereocenters. The van der Waals surface area contributed by atoms with Crippen LogP contribution in [0, 0.1) is 0 Å². The van der Waals surface area contributed by atoms with Crippen LogP contribution in [-0.2, 0) is 0 Å². The Morgan fingerprint density at radius 3 is 1.28 bits per heavy atom. The van der Waals surface area contributed by atoms with E-state index < -0.39 is 12.2 Å². The average Bonchev–Trinajstić information content (AvgIpc) is 2.83. The average molecular weight is 437 g/mol. The summed E-state index contributed by atoms with van der Waals surface area (Å²) in [7, 11) is 3.88. The van der Waals surface area contributed by atoms with E-state index in [4.69, 9.17) is 9.47 Å². The van der Waals surface area contributed by atoms with Gasteiger partial charge in [-0.05, 0) is 48.5 Å². The summed E-state index contributed by atoms with van der Waals surface area (Å²) < 4.78 is 11.4.